The van der Waals surface area contributed by atoms with Crippen LogP contribution < -0.4 is 15.2 Å². The molecule has 0 atom stereocenters. The minimum absolute atomic E-state index is 0.254. The molecule has 1 aliphatic heterocycles. The second-order valence-corrected chi connectivity index (χ2v) is 6.67. The maximum Gasteiger partial charge on any atom is 0.410 e. The van der Waals surface area contributed by atoms with Crippen molar-refractivity contribution in [2.75, 3.05) is 32.8 Å². The number of amides is 1. The van der Waals surface area contributed by atoms with Gasteiger partial charge in [0.2, 0.25) is 0 Å². The Morgan fingerprint density at radius 2 is 1.74 bits per heavy atom. The van der Waals surface area contributed by atoms with Crippen molar-refractivity contribution in [1.29, 1.82) is 0 Å². The lowest BCUT2D eigenvalue weighted by molar-refractivity contribution is -0.00781. The van der Waals surface area contributed by atoms with Gasteiger partial charge in [0, 0.05) is 25.6 Å². The van der Waals surface area contributed by atoms with Gasteiger partial charge in [0.25, 0.3) is 0 Å². The number of ether oxygens (including phenoxy) is 3. The summed E-state index contributed by atoms with van der Waals surface area (Å²) in [7, 11) is 0. The zero-order valence-corrected chi connectivity index (χ0v) is 14.1. The molecule has 6 heteroatoms. The second-order valence-electron chi connectivity index (χ2n) is 6.67. The van der Waals surface area contributed by atoms with Gasteiger partial charge >= 0.3 is 6.09 Å². The van der Waals surface area contributed by atoms with Crippen LogP contribution in [0.2, 0.25) is 0 Å². The highest BCUT2D eigenvalue weighted by Gasteiger charge is 2.33. The van der Waals surface area contributed by atoms with Crippen LogP contribution in [-0.4, -0.2) is 49.4 Å². The molecule has 23 heavy (non-hydrogen) atoms. The molecule has 0 saturated carbocycles. The normalized spacial score (nSPS) is 15.0. The van der Waals surface area contributed by atoms with Crippen LogP contribution in [0.4, 0.5) is 4.79 Å². The van der Waals surface area contributed by atoms with E-state index in [0.29, 0.717) is 38.8 Å². The summed E-state index contributed by atoms with van der Waals surface area (Å²) in [5.74, 6) is 1.92. The Bertz CT molecular complexity index is 504. The smallest absolute Gasteiger partial charge is 0.410 e. The molecule has 0 aromatic heterocycles. The molecule has 1 fully saturated rings. The largest absolute Gasteiger partial charge is 0.493 e. The number of benzene rings is 1. The molecule has 1 aliphatic rings. The molecular formula is C17H26N2O4. The number of nitrogens with zero attached hydrogens (tertiary/aromatic N) is 1. The molecule has 128 valence electrons. The molecule has 0 radical (unpaired) electrons. The quantitative estimate of drug-likeness (QED) is 0.869. The molecule has 2 rings (SSSR count). The van der Waals surface area contributed by atoms with Crippen LogP contribution in [0.15, 0.2) is 24.3 Å². The number of likely N-dealkylation sites (tertiary alicyclic amines) is 1. The average Bonchev–Trinajstić information content (AvgIpc) is 2.42. The first-order chi connectivity index (χ1) is 10.9. The molecule has 1 amide bonds. The fraction of sp³-hybridized carbons (Fsp3) is 0.588. The third-order valence-electron chi connectivity index (χ3n) is 3.30. The Balaban J connectivity index is 1.67. The van der Waals surface area contributed by atoms with E-state index < -0.39 is 5.60 Å². The summed E-state index contributed by atoms with van der Waals surface area (Å²) in [5.41, 5.74) is 4.94. The summed E-state index contributed by atoms with van der Waals surface area (Å²) in [6.07, 6.45) is -0.254. The predicted octanol–water partition coefficient (Wildman–Crippen LogP) is 2.27. The van der Waals surface area contributed by atoms with Crippen LogP contribution in [0, 0.1) is 5.92 Å². The standard InChI is InChI=1S/C17H26N2O4/c1-17(2,3)23-16(20)19-10-13(11-19)12-22-15-6-4-14(5-7-15)21-9-8-18/h4-7,13H,8-12,18H2,1-3H3. The van der Waals surface area contributed by atoms with Crippen LogP contribution in [0.1, 0.15) is 20.8 Å². The van der Waals surface area contributed by atoms with E-state index in [9.17, 15) is 4.79 Å². The van der Waals surface area contributed by atoms with Gasteiger partial charge in [-0.15, -0.1) is 0 Å². The van der Waals surface area contributed by atoms with Crippen LogP contribution in [-0.2, 0) is 4.74 Å². The number of hydrogen-bond acceptors (Lipinski definition) is 5. The third kappa shape index (κ3) is 5.63. The maximum atomic E-state index is 11.8. The zero-order chi connectivity index (χ0) is 16.9. The van der Waals surface area contributed by atoms with Crippen molar-refractivity contribution < 1.29 is 19.0 Å². The molecule has 2 N–H and O–H groups in total. The minimum Gasteiger partial charge on any atom is -0.493 e. The second kappa shape index (κ2) is 7.55. The van der Waals surface area contributed by atoms with E-state index >= 15 is 0 Å². The van der Waals surface area contributed by atoms with Gasteiger partial charge in [0.15, 0.2) is 0 Å². The molecule has 1 heterocycles. The molecule has 0 spiro atoms. The molecule has 0 unspecified atom stereocenters. The van der Waals surface area contributed by atoms with Crippen molar-refractivity contribution in [3.05, 3.63) is 24.3 Å². The average molecular weight is 322 g/mol. The monoisotopic (exact) mass is 322 g/mol. The third-order valence-corrected chi connectivity index (χ3v) is 3.30. The highest BCUT2D eigenvalue weighted by molar-refractivity contribution is 5.69. The molecule has 1 aromatic rings. The fourth-order valence-electron chi connectivity index (χ4n) is 2.17. The Morgan fingerprint density at radius 3 is 2.26 bits per heavy atom. The first-order valence-electron chi connectivity index (χ1n) is 7.91. The molecule has 6 nitrogen and oxygen atoms in total. The maximum absolute atomic E-state index is 11.8. The van der Waals surface area contributed by atoms with Crippen molar-refractivity contribution in [3.8, 4) is 11.5 Å². The van der Waals surface area contributed by atoms with E-state index in [1.807, 2.05) is 45.0 Å². The Hall–Kier alpha value is -1.95. The van der Waals surface area contributed by atoms with E-state index in [-0.39, 0.29) is 6.09 Å². The number of carbonyl (C=O) groups is 1. The molecule has 0 bridgehead atoms. The molecule has 1 aromatic carbocycles. The van der Waals surface area contributed by atoms with Crippen molar-refractivity contribution >= 4 is 6.09 Å². The first kappa shape index (κ1) is 17.4. The summed E-state index contributed by atoms with van der Waals surface area (Å²) >= 11 is 0. The van der Waals surface area contributed by atoms with Crippen molar-refractivity contribution in [3.63, 3.8) is 0 Å². The van der Waals surface area contributed by atoms with Gasteiger partial charge < -0.3 is 24.8 Å². The van der Waals surface area contributed by atoms with E-state index in [0.717, 1.165) is 11.5 Å². The van der Waals surface area contributed by atoms with E-state index in [1.54, 1.807) is 4.90 Å². The summed E-state index contributed by atoms with van der Waals surface area (Å²) in [6.45, 7) is 8.53. The van der Waals surface area contributed by atoms with Gasteiger partial charge in [0.1, 0.15) is 23.7 Å². The molecular weight excluding hydrogens is 296 g/mol. The predicted molar refractivity (Wildman–Crippen MR) is 87.8 cm³/mol. The lowest BCUT2D eigenvalue weighted by Gasteiger charge is -2.39. The van der Waals surface area contributed by atoms with Crippen molar-refractivity contribution in [1.82, 2.24) is 4.90 Å². The summed E-state index contributed by atoms with van der Waals surface area (Å²) in [4.78, 5) is 13.5. The van der Waals surface area contributed by atoms with Gasteiger partial charge in [-0.05, 0) is 45.0 Å². The van der Waals surface area contributed by atoms with Crippen molar-refractivity contribution in [2.45, 2.75) is 26.4 Å². The Labute approximate surface area is 137 Å². The van der Waals surface area contributed by atoms with Crippen LogP contribution in [0.5, 0.6) is 11.5 Å². The topological polar surface area (TPSA) is 74.0 Å². The lowest BCUT2D eigenvalue weighted by atomic mass is 10.0. The zero-order valence-electron chi connectivity index (χ0n) is 14.1. The number of carbonyl (C=O) groups excluding carboxylic acids is 1. The summed E-state index contributed by atoms with van der Waals surface area (Å²) in [5, 5.41) is 0. The van der Waals surface area contributed by atoms with Gasteiger partial charge in [-0.25, -0.2) is 4.79 Å². The highest BCUT2D eigenvalue weighted by atomic mass is 16.6. The lowest BCUT2D eigenvalue weighted by Crippen LogP contribution is -2.53. The molecule has 1 saturated heterocycles. The van der Waals surface area contributed by atoms with Crippen molar-refractivity contribution in [2.24, 2.45) is 11.7 Å². The van der Waals surface area contributed by atoms with Gasteiger partial charge in [-0.1, -0.05) is 0 Å². The van der Waals surface area contributed by atoms with Gasteiger partial charge in [0.05, 0.1) is 6.61 Å². The Kier molecular flexibility index (Phi) is 5.71. The number of hydrogen-bond donors (Lipinski definition) is 1. The Morgan fingerprint density at radius 1 is 1.17 bits per heavy atom. The highest BCUT2D eigenvalue weighted by Crippen LogP contribution is 2.22. The SMILES string of the molecule is CC(C)(C)OC(=O)N1CC(COc2ccc(OCCN)cc2)C1. The number of rotatable bonds is 6. The summed E-state index contributed by atoms with van der Waals surface area (Å²) < 4.78 is 16.5. The van der Waals surface area contributed by atoms with Crippen LogP contribution >= 0.6 is 0 Å². The van der Waals surface area contributed by atoms with Crippen LogP contribution in [0.25, 0.3) is 0 Å². The van der Waals surface area contributed by atoms with Crippen LogP contribution in [0.3, 0.4) is 0 Å². The van der Waals surface area contributed by atoms with E-state index in [2.05, 4.69) is 0 Å². The van der Waals surface area contributed by atoms with Gasteiger partial charge in [-0.2, -0.15) is 0 Å². The number of nitrogens with two attached hydrogens (primary N) is 1. The molecule has 0 aliphatic carbocycles. The minimum atomic E-state index is -0.452. The van der Waals surface area contributed by atoms with E-state index in [4.69, 9.17) is 19.9 Å². The first-order valence-corrected chi connectivity index (χ1v) is 7.91. The van der Waals surface area contributed by atoms with E-state index in [1.165, 1.54) is 0 Å². The van der Waals surface area contributed by atoms with Gasteiger partial charge in [-0.3, -0.25) is 0 Å². The fourth-order valence-corrected chi connectivity index (χ4v) is 2.17. The summed E-state index contributed by atoms with van der Waals surface area (Å²) in [6, 6.07) is 7.46.